The van der Waals surface area contributed by atoms with E-state index in [1.807, 2.05) is 6.92 Å². The van der Waals surface area contributed by atoms with Crippen LogP contribution in [0.15, 0.2) is 12.4 Å². The number of rotatable bonds is 4. The second-order valence-corrected chi connectivity index (χ2v) is 2.60. The molecule has 0 radical (unpaired) electrons. The summed E-state index contributed by atoms with van der Waals surface area (Å²) in [6.07, 6.45) is 4.18. The minimum Gasteiger partial charge on any atom is -0.477 e. The lowest BCUT2D eigenvalue weighted by Gasteiger charge is -2.01. The second-order valence-electron chi connectivity index (χ2n) is 2.33. The third-order valence-electron chi connectivity index (χ3n) is 1.27. The molecule has 0 aliphatic rings. The summed E-state index contributed by atoms with van der Waals surface area (Å²) in [5.74, 6) is 0.951. The summed E-state index contributed by atoms with van der Waals surface area (Å²) in [6, 6.07) is 0. The molecule has 0 saturated heterocycles. The van der Waals surface area contributed by atoms with Crippen molar-refractivity contribution in [3.63, 3.8) is 0 Å². The number of halogens is 1. The molecule has 0 fully saturated rings. The summed E-state index contributed by atoms with van der Waals surface area (Å²) in [5, 5.41) is 0. The Hall–Kier alpha value is -0.830. The smallest absolute Gasteiger partial charge is 0.232 e. The van der Waals surface area contributed by atoms with Crippen LogP contribution in [0.4, 0.5) is 0 Å². The molecule has 1 rings (SSSR count). The average molecular weight is 187 g/mol. The molecule has 0 atom stereocenters. The molecule has 0 bridgehead atoms. The molecule has 3 nitrogen and oxygen atoms in total. The maximum atomic E-state index is 5.54. The molecule has 1 heterocycles. The summed E-state index contributed by atoms with van der Waals surface area (Å²) < 4.78 is 5.24. The first-order chi connectivity index (χ1) is 5.86. The van der Waals surface area contributed by atoms with Crippen molar-refractivity contribution in [3.05, 3.63) is 18.1 Å². The first-order valence-electron chi connectivity index (χ1n) is 3.86. The minimum absolute atomic E-state index is 0.390. The SMILES string of the molecule is CCCOc1cnc(CCl)cn1. The van der Waals surface area contributed by atoms with Crippen LogP contribution in [-0.2, 0) is 5.88 Å². The highest BCUT2D eigenvalue weighted by Crippen LogP contribution is 2.05. The fourth-order valence-corrected chi connectivity index (χ4v) is 0.831. The van der Waals surface area contributed by atoms with Gasteiger partial charge in [0.2, 0.25) is 5.88 Å². The van der Waals surface area contributed by atoms with Crippen molar-refractivity contribution in [1.29, 1.82) is 0 Å². The topological polar surface area (TPSA) is 35.0 Å². The van der Waals surface area contributed by atoms with Crippen LogP contribution in [0.1, 0.15) is 19.0 Å². The molecule has 0 aromatic carbocycles. The van der Waals surface area contributed by atoms with Crippen LogP contribution >= 0.6 is 11.6 Å². The molecule has 1 aromatic rings. The van der Waals surface area contributed by atoms with Crippen LogP contribution in [0, 0.1) is 0 Å². The average Bonchev–Trinajstić information content (AvgIpc) is 2.15. The summed E-state index contributed by atoms with van der Waals surface area (Å²) in [4.78, 5) is 8.05. The van der Waals surface area contributed by atoms with E-state index in [-0.39, 0.29) is 0 Å². The molecule has 12 heavy (non-hydrogen) atoms. The third-order valence-corrected chi connectivity index (χ3v) is 1.55. The van der Waals surface area contributed by atoms with Gasteiger partial charge in [-0.15, -0.1) is 11.6 Å². The van der Waals surface area contributed by atoms with E-state index in [2.05, 4.69) is 9.97 Å². The number of hydrogen-bond acceptors (Lipinski definition) is 3. The lowest BCUT2D eigenvalue weighted by atomic mass is 10.5. The van der Waals surface area contributed by atoms with Crippen molar-refractivity contribution in [1.82, 2.24) is 9.97 Å². The van der Waals surface area contributed by atoms with E-state index >= 15 is 0 Å². The Labute approximate surface area is 76.7 Å². The summed E-state index contributed by atoms with van der Waals surface area (Å²) >= 11 is 5.54. The van der Waals surface area contributed by atoms with E-state index in [4.69, 9.17) is 16.3 Å². The zero-order valence-corrected chi connectivity index (χ0v) is 7.71. The lowest BCUT2D eigenvalue weighted by molar-refractivity contribution is 0.303. The summed E-state index contributed by atoms with van der Waals surface area (Å²) in [6.45, 7) is 2.72. The summed E-state index contributed by atoms with van der Waals surface area (Å²) in [5.41, 5.74) is 0.764. The molecule has 0 N–H and O–H groups in total. The molecule has 0 aliphatic carbocycles. The van der Waals surface area contributed by atoms with Gasteiger partial charge in [-0.05, 0) is 6.42 Å². The number of nitrogens with zero attached hydrogens (tertiary/aromatic N) is 2. The molecule has 66 valence electrons. The second kappa shape index (κ2) is 4.93. The Bertz CT molecular complexity index is 225. The molecule has 0 aliphatic heterocycles. The number of ether oxygens (including phenoxy) is 1. The molecule has 0 amide bonds. The van der Waals surface area contributed by atoms with Gasteiger partial charge in [-0.3, -0.25) is 4.98 Å². The van der Waals surface area contributed by atoms with E-state index in [1.54, 1.807) is 12.4 Å². The number of hydrogen-bond donors (Lipinski definition) is 0. The van der Waals surface area contributed by atoms with E-state index in [1.165, 1.54) is 0 Å². The lowest BCUT2D eigenvalue weighted by Crippen LogP contribution is -1.98. The van der Waals surface area contributed by atoms with Gasteiger partial charge in [-0.1, -0.05) is 6.92 Å². The quantitative estimate of drug-likeness (QED) is 0.675. The third kappa shape index (κ3) is 2.66. The van der Waals surface area contributed by atoms with Gasteiger partial charge in [-0.2, -0.15) is 0 Å². The predicted molar refractivity (Wildman–Crippen MR) is 47.4 cm³/mol. The zero-order chi connectivity index (χ0) is 8.81. The molecular weight excluding hydrogens is 176 g/mol. The van der Waals surface area contributed by atoms with Crippen molar-refractivity contribution in [2.75, 3.05) is 6.61 Å². The van der Waals surface area contributed by atoms with Gasteiger partial charge in [0.25, 0.3) is 0 Å². The van der Waals surface area contributed by atoms with Crippen LogP contribution in [0.5, 0.6) is 5.88 Å². The summed E-state index contributed by atoms with van der Waals surface area (Å²) in [7, 11) is 0. The van der Waals surface area contributed by atoms with Gasteiger partial charge in [-0.25, -0.2) is 4.98 Å². The van der Waals surface area contributed by atoms with Crippen LogP contribution < -0.4 is 4.74 Å². The first-order valence-corrected chi connectivity index (χ1v) is 4.40. The monoisotopic (exact) mass is 186 g/mol. The van der Waals surface area contributed by atoms with Gasteiger partial charge >= 0.3 is 0 Å². The van der Waals surface area contributed by atoms with Gasteiger partial charge in [0.05, 0.1) is 30.6 Å². The highest BCUT2D eigenvalue weighted by Gasteiger charge is 1.95. The minimum atomic E-state index is 0.390. The molecule has 4 heteroatoms. The Kier molecular flexibility index (Phi) is 3.80. The Morgan fingerprint density at radius 2 is 2.25 bits per heavy atom. The largest absolute Gasteiger partial charge is 0.477 e. The predicted octanol–water partition coefficient (Wildman–Crippen LogP) is 2.00. The standard InChI is InChI=1S/C8H11ClN2O/c1-2-3-12-8-6-10-7(4-9)5-11-8/h5-6H,2-4H2,1H3. The van der Waals surface area contributed by atoms with Crippen LogP contribution in [0.3, 0.4) is 0 Å². The van der Waals surface area contributed by atoms with Crippen LogP contribution in [-0.4, -0.2) is 16.6 Å². The van der Waals surface area contributed by atoms with Crippen LogP contribution in [0.2, 0.25) is 0 Å². The van der Waals surface area contributed by atoms with Crippen molar-refractivity contribution < 1.29 is 4.74 Å². The van der Waals surface area contributed by atoms with E-state index in [0.29, 0.717) is 18.4 Å². The molecule has 0 unspecified atom stereocenters. The molecule has 0 spiro atoms. The fourth-order valence-electron chi connectivity index (χ4n) is 0.693. The van der Waals surface area contributed by atoms with Gasteiger partial charge in [0.15, 0.2) is 0 Å². The normalized spacial score (nSPS) is 9.83. The molecular formula is C8H11ClN2O. The van der Waals surface area contributed by atoms with E-state index < -0.39 is 0 Å². The first kappa shape index (κ1) is 9.26. The zero-order valence-electron chi connectivity index (χ0n) is 6.96. The highest BCUT2D eigenvalue weighted by atomic mass is 35.5. The number of aromatic nitrogens is 2. The van der Waals surface area contributed by atoms with Gasteiger partial charge in [0.1, 0.15) is 0 Å². The van der Waals surface area contributed by atoms with Gasteiger partial charge < -0.3 is 4.74 Å². The highest BCUT2D eigenvalue weighted by molar-refractivity contribution is 6.16. The van der Waals surface area contributed by atoms with E-state index in [0.717, 1.165) is 12.1 Å². The fraction of sp³-hybridized carbons (Fsp3) is 0.500. The van der Waals surface area contributed by atoms with Crippen molar-refractivity contribution in [2.45, 2.75) is 19.2 Å². The maximum absolute atomic E-state index is 5.54. The number of alkyl halides is 1. The van der Waals surface area contributed by atoms with Crippen molar-refractivity contribution in [3.8, 4) is 5.88 Å². The maximum Gasteiger partial charge on any atom is 0.232 e. The van der Waals surface area contributed by atoms with E-state index in [9.17, 15) is 0 Å². The Morgan fingerprint density at radius 1 is 1.42 bits per heavy atom. The van der Waals surface area contributed by atoms with Gasteiger partial charge in [0, 0.05) is 0 Å². The Morgan fingerprint density at radius 3 is 2.75 bits per heavy atom. The van der Waals surface area contributed by atoms with Crippen LogP contribution in [0.25, 0.3) is 0 Å². The Balaban J connectivity index is 2.53. The van der Waals surface area contributed by atoms with Crippen molar-refractivity contribution in [2.24, 2.45) is 0 Å². The molecule has 1 aromatic heterocycles. The molecule has 0 saturated carbocycles. The van der Waals surface area contributed by atoms with Crippen molar-refractivity contribution >= 4 is 11.6 Å².